The molecule has 0 bridgehead atoms. The molecule has 33 heavy (non-hydrogen) atoms. The first-order valence-electron chi connectivity index (χ1n) is 10.3. The first kappa shape index (κ1) is 23.5. The summed E-state index contributed by atoms with van der Waals surface area (Å²) in [5, 5.41) is 2.88. The summed E-state index contributed by atoms with van der Waals surface area (Å²) in [6.45, 7) is 0. The lowest BCUT2D eigenvalue weighted by Crippen LogP contribution is -2.07. The highest BCUT2D eigenvalue weighted by atomic mass is 16.5. The molecule has 170 valence electrons. The summed E-state index contributed by atoms with van der Waals surface area (Å²) in [4.78, 5) is 12.3. The molecule has 0 aliphatic rings. The number of methoxy groups -OCH3 is 4. The zero-order valence-corrected chi connectivity index (χ0v) is 19.1. The van der Waals surface area contributed by atoms with Crippen molar-refractivity contribution in [2.24, 2.45) is 0 Å². The molecule has 0 saturated heterocycles. The molecular formula is C27H27NO5. The Morgan fingerprint density at radius 3 is 1.97 bits per heavy atom. The molecule has 3 rings (SSSR count). The van der Waals surface area contributed by atoms with E-state index < -0.39 is 0 Å². The van der Waals surface area contributed by atoms with E-state index in [9.17, 15) is 4.79 Å². The standard InChI is InChI=1S/C27H27NO5/c1-30-23-13-10-19(11-14-23)12-15-26(29)28-22-7-5-6-20(16-22)8-9-21-17-24(31-2)27(33-4)25(18-21)32-3/h5-18H,1-4H3,(H,28,29)/b9-8?,15-12+. The molecule has 1 amide bonds. The fourth-order valence-electron chi connectivity index (χ4n) is 3.18. The highest BCUT2D eigenvalue weighted by Gasteiger charge is 2.12. The zero-order chi connectivity index (χ0) is 23.6. The number of hydrogen-bond donors (Lipinski definition) is 1. The summed E-state index contributed by atoms with van der Waals surface area (Å²) in [6.07, 6.45) is 7.14. The minimum Gasteiger partial charge on any atom is -0.497 e. The molecule has 0 radical (unpaired) electrons. The molecule has 0 saturated carbocycles. The summed E-state index contributed by atoms with van der Waals surface area (Å²) >= 11 is 0. The Labute approximate surface area is 194 Å². The molecule has 3 aromatic rings. The molecule has 0 aliphatic heterocycles. The molecule has 1 N–H and O–H groups in total. The van der Waals surface area contributed by atoms with Crippen LogP contribution in [-0.4, -0.2) is 34.3 Å². The predicted octanol–water partition coefficient (Wildman–Crippen LogP) is 5.54. The van der Waals surface area contributed by atoms with Gasteiger partial charge in [-0.3, -0.25) is 4.79 Å². The quantitative estimate of drug-likeness (QED) is 0.346. The number of rotatable bonds is 9. The third kappa shape index (κ3) is 6.40. The van der Waals surface area contributed by atoms with Crippen LogP contribution in [0.25, 0.3) is 18.2 Å². The van der Waals surface area contributed by atoms with Crippen LogP contribution in [0.15, 0.2) is 66.7 Å². The molecule has 0 heterocycles. The van der Waals surface area contributed by atoms with Crippen LogP contribution in [0.1, 0.15) is 16.7 Å². The fraction of sp³-hybridized carbons (Fsp3) is 0.148. The number of carbonyl (C=O) groups excluding carboxylic acids is 1. The van der Waals surface area contributed by atoms with E-state index in [1.165, 1.54) is 6.08 Å². The monoisotopic (exact) mass is 445 g/mol. The van der Waals surface area contributed by atoms with E-state index >= 15 is 0 Å². The third-order valence-electron chi connectivity index (χ3n) is 4.85. The number of ether oxygens (including phenoxy) is 4. The second-order valence-corrected chi connectivity index (χ2v) is 7.01. The van der Waals surface area contributed by atoms with Crippen LogP contribution in [0, 0.1) is 0 Å². The minimum absolute atomic E-state index is 0.212. The summed E-state index contributed by atoms with van der Waals surface area (Å²) in [5.74, 6) is 2.27. The van der Waals surface area contributed by atoms with E-state index in [4.69, 9.17) is 18.9 Å². The van der Waals surface area contributed by atoms with Crippen LogP contribution in [0.5, 0.6) is 23.0 Å². The number of anilines is 1. The lowest BCUT2D eigenvalue weighted by molar-refractivity contribution is -0.111. The highest BCUT2D eigenvalue weighted by Crippen LogP contribution is 2.38. The zero-order valence-electron chi connectivity index (χ0n) is 19.1. The van der Waals surface area contributed by atoms with Crippen LogP contribution < -0.4 is 24.3 Å². The van der Waals surface area contributed by atoms with E-state index in [0.29, 0.717) is 22.9 Å². The van der Waals surface area contributed by atoms with Gasteiger partial charge in [-0.15, -0.1) is 0 Å². The van der Waals surface area contributed by atoms with Crippen molar-refractivity contribution in [3.05, 3.63) is 83.4 Å². The predicted molar refractivity (Wildman–Crippen MR) is 132 cm³/mol. The molecular weight excluding hydrogens is 418 g/mol. The van der Waals surface area contributed by atoms with Crippen LogP contribution in [-0.2, 0) is 4.79 Å². The van der Waals surface area contributed by atoms with Crippen molar-refractivity contribution in [2.75, 3.05) is 33.8 Å². The second kappa shape index (κ2) is 11.4. The summed E-state index contributed by atoms with van der Waals surface area (Å²) in [7, 11) is 6.36. The van der Waals surface area contributed by atoms with Gasteiger partial charge in [0.15, 0.2) is 11.5 Å². The molecule has 0 atom stereocenters. The Morgan fingerprint density at radius 1 is 0.697 bits per heavy atom. The fourth-order valence-corrected chi connectivity index (χ4v) is 3.18. The van der Waals surface area contributed by atoms with E-state index in [0.717, 1.165) is 22.4 Å². The first-order chi connectivity index (χ1) is 16.1. The van der Waals surface area contributed by atoms with Crippen molar-refractivity contribution in [2.45, 2.75) is 0 Å². The van der Waals surface area contributed by atoms with E-state index in [1.807, 2.05) is 72.8 Å². The summed E-state index contributed by atoms with van der Waals surface area (Å²) in [6, 6.07) is 18.8. The minimum atomic E-state index is -0.212. The van der Waals surface area contributed by atoms with Crippen LogP contribution in [0.3, 0.4) is 0 Å². The SMILES string of the molecule is COc1ccc(/C=C/C(=O)Nc2cccc(C=Cc3cc(OC)c(OC)c(OC)c3)c2)cc1. The summed E-state index contributed by atoms with van der Waals surface area (Å²) < 4.78 is 21.3. The Hall–Kier alpha value is -4.19. The van der Waals surface area contributed by atoms with Gasteiger partial charge in [0.05, 0.1) is 28.4 Å². The van der Waals surface area contributed by atoms with Gasteiger partial charge in [0, 0.05) is 11.8 Å². The van der Waals surface area contributed by atoms with Gasteiger partial charge < -0.3 is 24.3 Å². The molecule has 6 heteroatoms. The molecule has 0 aromatic heterocycles. The van der Waals surface area contributed by atoms with Crippen molar-refractivity contribution in [3.8, 4) is 23.0 Å². The molecule has 0 fully saturated rings. The van der Waals surface area contributed by atoms with Gasteiger partial charge >= 0.3 is 0 Å². The lowest BCUT2D eigenvalue weighted by Gasteiger charge is -2.12. The number of nitrogens with one attached hydrogen (secondary N) is 1. The maximum absolute atomic E-state index is 12.3. The molecule has 3 aromatic carbocycles. The van der Waals surface area contributed by atoms with Crippen molar-refractivity contribution in [3.63, 3.8) is 0 Å². The van der Waals surface area contributed by atoms with Crippen LogP contribution in [0.4, 0.5) is 5.69 Å². The Balaban J connectivity index is 1.70. The smallest absolute Gasteiger partial charge is 0.248 e. The van der Waals surface area contributed by atoms with Crippen molar-refractivity contribution in [1.29, 1.82) is 0 Å². The van der Waals surface area contributed by atoms with Gasteiger partial charge in [-0.25, -0.2) is 0 Å². The third-order valence-corrected chi connectivity index (χ3v) is 4.85. The van der Waals surface area contributed by atoms with Gasteiger partial charge in [0.2, 0.25) is 11.7 Å². The van der Waals surface area contributed by atoms with Gasteiger partial charge in [0.1, 0.15) is 5.75 Å². The topological polar surface area (TPSA) is 66.0 Å². The Morgan fingerprint density at radius 2 is 1.36 bits per heavy atom. The lowest BCUT2D eigenvalue weighted by atomic mass is 10.1. The Bertz CT molecular complexity index is 1120. The van der Waals surface area contributed by atoms with E-state index in [1.54, 1.807) is 34.5 Å². The number of hydrogen-bond acceptors (Lipinski definition) is 5. The average Bonchev–Trinajstić information content (AvgIpc) is 2.86. The molecule has 0 aliphatic carbocycles. The van der Waals surface area contributed by atoms with Crippen molar-refractivity contribution < 1.29 is 23.7 Å². The largest absolute Gasteiger partial charge is 0.497 e. The van der Waals surface area contributed by atoms with Gasteiger partial charge in [-0.2, -0.15) is 0 Å². The molecule has 6 nitrogen and oxygen atoms in total. The normalized spacial score (nSPS) is 10.9. The second-order valence-electron chi connectivity index (χ2n) is 7.01. The average molecular weight is 446 g/mol. The maximum Gasteiger partial charge on any atom is 0.248 e. The van der Waals surface area contributed by atoms with Crippen LogP contribution >= 0.6 is 0 Å². The maximum atomic E-state index is 12.3. The highest BCUT2D eigenvalue weighted by molar-refractivity contribution is 6.02. The summed E-state index contributed by atoms with van der Waals surface area (Å²) in [5.41, 5.74) is 3.43. The first-order valence-corrected chi connectivity index (χ1v) is 10.3. The number of amides is 1. The number of benzene rings is 3. The van der Waals surface area contributed by atoms with Crippen LogP contribution in [0.2, 0.25) is 0 Å². The molecule has 0 unspecified atom stereocenters. The van der Waals surface area contributed by atoms with Crippen molar-refractivity contribution >= 4 is 29.8 Å². The Kier molecular flexibility index (Phi) is 8.13. The number of carbonyl (C=O) groups is 1. The van der Waals surface area contributed by atoms with Gasteiger partial charge in [-0.05, 0) is 59.2 Å². The van der Waals surface area contributed by atoms with Gasteiger partial charge in [0.25, 0.3) is 0 Å². The van der Waals surface area contributed by atoms with E-state index in [2.05, 4.69) is 5.32 Å². The van der Waals surface area contributed by atoms with Gasteiger partial charge in [-0.1, -0.05) is 36.4 Å². The van der Waals surface area contributed by atoms with Crippen molar-refractivity contribution in [1.82, 2.24) is 0 Å². The van der Waals surface area contributed by atoms with E-state index in [-0.39, 0.29) is 5.91 Å². The molecule has 0 spiro atoms.